The third-order valence-electron chi connectivity index (χ3n) is 4.66. The summed E-state index contributed by atoms with van der Waals surface area (Å²) < 4.78 is 1.87. The first-order valence-electron chi connectivity index (χ1n) is 8.12. The molecule has 0 unspecified atom stereocenters. The highest BCUT2D eigenvalue weighted by Gasteiger charge is 2.28. The predicted octanol–water partition coefficient (Wildman–Crippen LogP) is 0.848. The van der Waals surface area contributed by atoms with E-state index in [2.05, 4.69) is 15.0 Å². The van der Waals surface area contributed by atoms with Gasteiger partial charge in [0.25, 0.3) is 5.56 Å². The fourth-order valence-corrected chi connectivity index (χ4v) is 3.32. The maximum atomic E-state index is 13.0. The van der Waals surface area contributed by atoms with Crippen molar-refractivity contribution in [2.45, 2.75) is 25.9 Å². The quantitative estimate of drug-likeness (QED) is 0.720. The topological polar surface area (TPSA) is 110 Å². The lowest BCUT2D eigenvalue weighted by Gasteiger charge is -2.30. The number of para-hydroxylation sites is 2. The Balaban J connectivity index is 1.62. The van der Waals surface area contributed by atoms with E-state index in [9.17, 15) is 9.59 Å². The Bertz CT molecular complexity index is 1020. The van der Waals surface area contributed by atoms with E-state index >= 15 is 0 Å². The molecule has 8 heteroatoms. The smallest absolute Gasteiger partial charge is 0.255 e. The molecule has 3 aromatic rings. The van der Waals surface area contributed by atoms with Crippen molar-refractivity contribution in [3.05, 3.63) is 52.2 Å². The van der Waals surface area contributed by atoms with E-state index in [1.807, 2.05) is 35.8 Å². The van der Waals surface area contributed by atoms with Gasteiger partial charge in [-0.1, -0.05) is 12.1 Å². The molecular weight excluding hydrogens is 320 g/mol. The minimum absolute atomic E-state index is 0.0329. The SMILES string of the molecule is C[C@H](C(=O)N1CCc2c(nc(N)[nH]c2=O)C1)n1cnc2ccccc21. The van der Waals surface area contributed by atoms with Gasteiger partial charge in [-0.3, -0.25) is 14.6 Å². The molecule has 25 heavy (non-hydrogen) atoms. The number of carbonyl (C=O) groups is 1. The van der Waals surface area contributed by atoms with Crippen molar-refractivity contribution in [3.63, 3.8) is 0 Å². The Hall–Kier alpha value is -3.16. The van der Waals surface area contributed by atoms with Crippen LogP contribution in [0.2, 0.25) is 0 Å². The number of hydrogen-bond donors (Lipinski definition) is 2. The molecule has 0 saturated carbocycles. The number of nitrogens with one attached hydrogen (secondary N) is 1. The number of H-pyrrole nitrogens is 1. The van der Waals surface area contributed by atoms with Crippen LogP contribution in [0.15, 0.2) is 35.4 Å². The van der Waals surface area contributed by atoms with E-state index in [1.54, 1.807) is 11.2 Å². The van der Waals surface area contributed by atoms with Crippen LogP contribution >= 0.6 is 0 Å². The number of nitrogen functional groups attached to an aromatic ring is 1. The van der Waals surface area contributed by atoms with Gasteiger partial charge in [0.1, 0.15) is 6.04 Å². The van der Waals surface area contributed by atoms with Crippen LogP contribution in [0, 0.1) is 0 Å². The van der Waals surface area contributed by atoms with E-state index in [4.69, 9.17) is 5.73 Å². The Morgan fingerprint density at radius 2 is 2.16 bits per heavy atom. The fourth-order valence-electron chi connectivity index (χ4n) is 3.32. The number of nitrogens with zero attached hydrogens (tertiary/aromatic N) is 4. The zero-order valence-corrected chi connectivity index (χ0v) is 13.8. The number of rotatable bonds is 2. The minimum Gasteiger partial charge on any atom is -0.369 e. The molecule has 0 aliphatic carbocycles. The molecule has 0 fully saturated rings. The molecule has 1 aliphatic rings. The molecule has 1 aliphatic heterocycles. The zero-order valence-electron chi connectivity index (χ0n) is 13.8. The molecule has 1 atom stereocenters. The van der Waals surface area contributed by atoms with Crippen molar-refractivity contribution in [2.24, 2.45) is 0 Å². The number of hydrogen-bond acceptors (Lipinski definition) is 5. The average Bonchev–Trinajstić information content (AvgIpc) is 3.04. The van der Waals surface area contributed by atoms with Crippen LogP contribution in [-0.4, -0.2) is 36.9 Å². The van der Waals surface area contributed by atoms with Gasteiger partial charge in [0.15, 0.2) is 0 Å². The first-order chi connectivity index (χ1) is 12.0. The van der Waals surface area contributed by atoms with Gasteiger partial charge in [-0.2, -0.15) is 0 Å². The van der Waals surface area contributed by atoms with Crippen molar-refractivity contribution < 1.29 is 4.79 Å². The average molecular weight is 338 g/mol. The number of benzene rings is 1. The Morgan fingerprint density at radius 1 is 1.36 bits per heavy atom. The van der Waals surface area contributed by atoms with Crippen LogP contribution in [0.4, 0.5) is 5.95 Å². The number of imidazole rings is 1. The van der Waals surface area contributed by atoms with Gasteiger partial charge < -0.3 is 15.2 Å². The molecule has 0 spiro atoms. The second-order valence-electron chi connectivity index (χ2n) is 6.20. The molecule has 128 valence electrons. The maximum Gasteiger partial charge on any atom is 0.255 e. The number of anilines is 1. The summed E-state index contributed by atoms with van der Waals surface area (Å²) in [5, 5.41) is 0. The molecule has 4 rings (SSSR count). The number of fused-ring (bicyclic) bond motifs is 2. The Morgan fingerprint density at radius 3 is 3.00 bits per heavy atom. The molecule has 1 amide bonds. The van der Waals surface area contributed by atoms with Crippen LogP contribution < -0.4 is 11.3 Å². The van der Waals surface area contributed by atoms with Gasteiger partial charge in [-0.15, -0.1) is 0 Å². The van der Waals surface area contributed by atoms with Gasteiger partial charge >= 0.3 is 0 Å². The molecule has 3 N–H and O–H groups in total. The predicted molar refractivity (Wildman–Crippen MR) is 92.8 cm³/mol. The zero-order chi connectivity index (χ0) is 17.6. The van der Waals surface area contributed by atoms with Crippen molar-refractivity contribution in [1.82, 2.24) is 24.4 Å². The second-order valence-corrected chi connectivity index (χ2v) is 6.20. The third kappa shape index (κ3) is 2.55. The van der Waals surface area contributed by atoms with E-state index < -0.39 is 6.04 Å². The Kier molecular flexibility index (Phi) is 3.52. The largest absolute Gasteiger partial charge is 0.369 e. The van der Waals surface area contributed by atoms with Gasteiger partial charge in [0.2, 0.25) is 11.9 Å². The van der Waals surface area contributed by atoms with Gasteiger partial charge in [0, 0.05) is 12.1 Å². The van der Waals surface area contributed by atoms with Crippen LogP contribution in [0.3, 0.4) is 0 Å². The third-order valence-corrected chi connectivity index (χ3v) is 4.66. The molecule has 2 aromatic heterocycles. The summed E-state index contributed by atoms with van der Waals surface area (Å²) in [6, 6.07) is 7.31. The highest BCUT2D eigenvalue weighted by atomic mass is 16.2. The monoisotopic (exact) mass is 338 g/mol. The van der Waals surface area contributed by atoms with E-state index in [0.717, 1.165) is 11.0 Å². The van der Waals surface area contributed by atoms with Crippen LogP contribution in [-0.2, 0) is 17.8 Å². The summed E-state index contributed by atoms with van der Waals surface area (Å²) in [6.45, 7) is 2.63. The highest BCUT2D eigenvalue weighted by Crippen LogP contribution is 2.22. The molecule has 0 radical (unpaired) electrons. The van der Waals surface area contributed by atoms with Crippen molar-refractivity contribution in [3.8, 4) is 0 Å². The summed E-state index contributed by atoms with van der Waals surface area (Å²) >= 11 is 0. The molecule has 8 nitrogen and oxygen atoms in total. The lowest BCUT2D eigenvalue weighted by Crippen LogP contribution is -2.42. The summed E-state index contributed by atoms with van der Waals surface area (Å²) in [4.78, 5) is 37.6. The van der Waals surface area contributed by atoms with Gasteiger partial charge in [-0.25, -0.2) is 9.97 Å². The summed E-state index contributed by atoms with van der Waals surface area (Å²) in [5.41, 5.74) is 8.35. The van der Waals surface area contributed by atoms with Crippen LogP contribution in [0.5, 0.6) is 0 Å². The highest BCUT2D eigenvalue weighted by molar-refractivity contribution is 5.83. The number of amides is 1. The van der Waals surface area contributed by atoms with Gasteiger partial charge in [0.05, 0.1) is 29.6 Å². The Labute approximate surface area is 143 Å². The van der Waals surface area contributed by atoms with Crippen LogP contribution in [0.25, 0.3) is 11.0 Å². The number of carbonyl (C=O) groups excluding carboxylic acids is 1. The number of nitrogens with two attached hydrogens (primary N) is 1. The summed E-state index contributed by atoms with van der Waals surface area (Å²) in [5.74, 6) is 0.0427. The molecular formula is C17H18N6O2. The molecule has 3 heterocycles. The first-order valence-corrected chi connectivity index (χ1v) is 8.12. The van der Waals surface area contributed by atoms with E-state index in [-0.39, 0.29) is 17.4 Å². The van der Waals surface area contributed by atoms with Crippen LogP contribution in [0.1, 0.15) is 24.2 Å². The normalized spacial score (nSPS) is 15.2. The van der Waals surface area contributed by atoms with Crippen molar-refractivity contribution >= 4 is 22.9 Å². The lowest BCUT2D eigenvalue weighted by atomic mass is 10.1. The van der Waals surface area contributed by atoms with Crippen molar-refractivity contribution in [2.75, 3.05) is 12.3 Å². The maximum absolute atomic E-state index is 13.0. The molecule has 1 aromatic carbocycles. The molecule has 0 saturated heterocycles. The number of aromatic amines is 1. The van der Waals surface area contributed by atoms with E-state index in [1.165, 1.54) is 0 Å². The van der Waals surface area contributed by atoms with Crippen molar-refractivity contribution in [1.29, 1.82) is 0 Å². The lowest BCUT2D eigenvalue weighted by molar-refractivity contribution is -0.135. The fraction of sp³-hybridized carbons (Fsp3) is 0.294. The summed E-state index contributed by atoms with van der Waals surface area (Å²) in [6.07, 6.45) is 2.16. The molecule has 0 bridgehead atoms. The van der Waals surface area contributed by atoms with E-state index in [0.29, 0.717) is 30.8 Å². The minimum atomic E-state index is -0.395. The van der Waals surface area contributed by atoms with Gasteiger partial charge in [-0.05, 0) is 25.5 Å². The summed E-state index contributed by atoms with van der Waals surface area (Å²) in [7, 11) is 0. The first kappa shape index (κ1) is 15.4. The standard InChI is InChI=1S/C17H18N6O2/c1-10(23-9-19-12-4-2-3-5-14(12)23)16(25)22-7-6-11-13(8-22)20-17(18)21-15(11)24/h2-5,9-10H,6-8H2,1H3,(H3,18,20,21,24)/t10-/m1/s1. The second kappa shape index (κ2) is 5.73. The number of aromatic nitrogens is 4.